The molecule has 0 radical (unpaired) electrons. The largest absolute Gasteiger partial charge is 0.396 e. The number of thiazole rings is 1. The predicted molar refractivity (Wildman–Crippen MR) is 72.9 cm³/mol. The van der Waals surface area contributed by atoms with Crippen molar-refractivity contribution in [1.82, 2.24) is 10.3 Å². The Morgan fingerprint density at radius 3 is 2.76 bits per heavy atom. The molecule has 1 unspecified atom stereocenters. The van der Waals surface area contributed by atoms with E-state index in [9.17, 15) is 4.79 Å². The summed E-state index contributed by atoms with van der Waals surface area (Å²) in [5.74, 6) is 0.726. The molecule has 0 saturated carbocycles. The number of hydrogen-bond donors (Lipinski definition) is 2. The van der Waals surface area contributed by atoms with Gasteiger partial charge < -0.3 is 10.4 Å². The van der Waals surface area contributed by atoms with Crippen LogP contribution >= 0.6 is 23.1 Å². The van der Waals surface area contributed by atoms with Crippen molar-refractivity contribution in [3.8, 4) is 0 Å². The highest BCUT2D eigenvalue weighted by molar-refractivity contribution is 7.98. The van der Waals surface area contributed by atoms with E-state index in [-0.39, 0.29) is 18.6 Å². The van der Waals surface area contributed by atoms with Gasteiger partial charge in [-0.15, -0.1) is 11.3 Å². The van der Waals surface area contributed by atoms with Gasteiger partial charge in [0.1, 0.15) is 4.88 Å². The van der Waals surface area contributed by atoms with E-state index >= 15 is 0 Å². The van der Waals surface area contributed by atoms with Gasteiger partial charge in [-0.25, -0.2) is 4.98 Å². The summed E-state index contributed by atoms with van der Waals surface area (Å²) >= 11 is 3.07. The first kappa shape index (κ1) is 14.5. The number of aliphatic hydroxyl groups excluding tert-OH is 1. The van der Waals surface area contributed by atoms with Crippen molar-refractivity contribution in [2.75, 3.05) is 18.6 Å². The number of amides is 1. The fourth-order valence-electron chi connectivity index (χ4n) is 1.55. The van der Waals surface area contributed by atoms with Crippen LogP contribution in [0.5, 0.6) is 0 Å². The standard InChI is InChI=1S/C11H18N2O2S2/c1-7-10(17-8(2)12-7)11(15)13-9(4-5-14)6-16-3/h9,14H,4-6H2,1-3H3,(H,13,15). The third kappa shape index (κ3) is 4.29. The quantitative estimate of drug-likeness (QED) is 0.827. The molecule has 0 aromatic carbocycles. The van der Waals surface area contributed by atoms with Gasteiger partial charge in [-0.05, 0) is 26.5 Å². The first-order chi connectivity index (χ1) is 8.08. The molecular formula is C11H18N2O2S2. The molecule has 0 spiro atoms. The lowest BCUT2D eigenvalue weighted by molar-refractivity contribution is 0.0938. The normalized spacial score (nSPS) is 12.5. The summed E-state index contributed by atoms with van der Waals surface area (Å²) < 4.78 is 0. The van der Waals surface area contributed by atoms with Gasteiger partial charge in [-0.1, -0.05) is 0 Å². The molecule has 1 heterocycles. The molecule has 17 heavy (non-hydrogen) atoms. The van der Waals surface area contributed by atoms with Crippen molar-refractivity contribution in [3.05, 3.63) is 15.6 Å². The van der Waals surface area contributed by atoms with Gasteiger partial charge in [-0.3, -0.25) is 4.79 Å². The Balaban J connectivity index is 2.66. The molecule has 0 aliphatic rings. The minimum Gasteiger partial charge on any atom is -0.396 e. The SMILES string of the molecule is CSCC(CCO)NC(=O)c1sc(C)nc1C. The summed E-state index contributed by atoms with van der Waals surface area (Å²) in [6.45, 7) is 3.82. The highest BCUT2D eigenvalue weighted by Gasteiger charge is 2.17. The van der Waals surface area contributed by atoms with Crippen LogP contribution in [0.15, 0.2) is 0 Å². The molecule has 0 saturated heterocycles. The summed E-state index contributed by atoms with van der Waals surface area (Å²) in [5, 5.41) is 12.8. The fraction of sp³-hybridized carbons (Fsp3) is 0.636. The smallest absolute Gasteiger partial charge is 0.263 e. The van der Waals surface area contributed by atoms with Crippen molar-refractivity contribution in [1.29, 1.82) is 0 Å². The molecule has 96 valence electrons. The summed E-state index contributed by atoms with van der Waals surface area (Å²) in [4.78, 5) is 16.9. The van der Waals surface area contributed by atoms with Gasteiger partial charge in [0.05, 0.1) is 10.7 Å². The van der Waals surface area contributed by atoms with Gasteiger partial charge >= 0.3 is 0 Å². The van der Waals surface area contributed by atoms with Gasteiger partial charge in [-0.2, -0.15) is 11.8 Å². The van der Waals surface area contributed by atoms with Crippen molar-refractivity contribution in [2.45, 2.75) is 26.3 Å². The highest BCUT2D eigenvalue weighted by Crippen LogP contribution is 2.17. The van der Waals surface area contributed by atoms with Crippen LogP contribution in [0.2, 0.25) is 0 Å². The number of aryl methyl sites for hydroxylation is 2. The zero-order valence-corrected chi connectivity index (χ0v) is 12.0. The van der Waals surface area contributed by atoms with Crippen LogP contribution in [0.4, 0.5) is 0 Å². The second kappa shape index (κ2) is 6.98. The van der Waals surface area contributed by atoms with E-state index in [2.05, 4.69) is 10.3 Å². The van der Waals surface area contributed by atoms with Crippen LogP contribution in [0.3, 0.4) is 0 Å². The van der Waals surface area contributed by atoms with E-state index < -0.39 is 0 Å². The van der Waals surface area contributed by atoms with Crippen LogP contribution in [0, 0.1) is 13.8 Å². The summed E-state index contributed by atoms with van der Waals surface area (Å²) in [5.41, 5.74) is 0.775. The second-order valence-corrected chi connectivity index (χ2v) is 5.90. The van der Waals surface area contributed by atoms with E-state index in [1.54, 1.807) is 11.8 Å². The van der Waals surface area contributed by atoms with Crippen LogP contribution in [0.25, 0.3) is 0 Å². The maximum atomic E-state index is 12.0. The van der Waals surface area contributed by atoms with E-state index in [1.165, 1.54) is 11.3 Å². The first-order valence-corrected chi connectivity index (χ1v) is 7.64. The van der Waals surface area contributed by atoms with E-state index in [1.807, 2.05) is 20.1 Å². The van der Waals surface area contributed by atoms with Gasteiger partial charge in [0.2, 0.25) is 0 Å². The monoisotopic (exact) mass is 274 g/mol. The minimum atomic E-state index is -0.0828. The Bertz CT molecular complexity index is 374. The number of hydrogen-bond acceptors (Lipinski definition) is 5. The lowest BCUT2D eigenvalue weighted by atomic mass is 10.2. The number of rotatable bonds is 6. The van der Waals surface area contributed by atoms with Gasteiger partial charge in [0, 0.05) is 18.4 Å². The number of nitrogens with zero attached hydrogens (tertiary/aromatic N) is 1. The molecule has 4 nitrogen and oxygen atoms in total. The number of nitrogens with one attached hydrogen (secondary N) is 1. The molecular weight excluding hydrogens is 256 g/mol. The topological polar surface area (TPSA) is 62.2 Å². The van der Waals surface area contributed by atoms with E-state index in [4.69, 9.17) is 5.11 Å². The summed E-state index contributed by atoms with van der Waals surface area (Å²) in [6.07, 6.45) is 2.57. The molecule has 1 aromatic heterocycles. The Morgan fingerprint density at radius 2 is 2.29 bits per heavy atom. The number of aliphatic hydroxyl groups is 1. The lowest BCUT2D eigenvalue weighted by Gasteiger charge is -2.16. The maximum absolute atomic E-state index is 12.0. The molecule has 0 fully saturated rings. The lowest BCUT2D eigenvalue weighted by Crippen LogP contribution is -2.37. The number of carbonyl (C=O) groups excluding carboxylic acids is 1. The van der Waals surface area contributed by atoms with Crippen LogP contribution in [0.1, 0.15) is 26.8 Å². The first-order valence-electron chi connectivity index (χ1n) is 5.43. The zero-order chi connectivity index (χ0) is 12.8. The third-order valence-corrected chi connectivity index (χ3v) is 4.10. The van der Waals surface area contributed by atoms with Crippen molar-refractivity contribution in [2.24, 2.45) is 0 Å². The highest BCUT2D eigenvalue weighted by atomic mass is 32.2. The summed E-state index contributed by atoms with van der Waals surface area (Å²) in [6, 6.07) is 0.0179. The molecule has 1 atom stereocenters. The fourth-order valence-corrected chi connectivity index (χ4v) is 3.02. The van der Waals surface area contributed by atoms with Crippen LogP contribution in [-0.2, 0) is 0 Å². The molecule has 0 aliphatic carbocycles. The van der Waals surface area contributed by atoms with E-state index in [0.29, 0.717) is 11.3 Å². The second-order valence-electron chi connectivity index (χ2n) is 3.79. The van der Waals surface area contributed by atoms with Crippen molar-refractivity contribution >= 4 is 29.0 Å². The third-order valence-electron chi connectivity index (χ3n) is 2.29. The minimum absolute atomic E-state index is 0.0179. The van der Waals surface area contributed by atoms with E-state index in [0.717, 1.165) is 16.5 Å². The summed E-state index contributed by atoms with van der Waals surface area (Å²) in [7, 11) is 0. The average molecular weight is 274 g/mol. The molecule has 1 rings (SSSR count). The Hall–Kier alpha value is -0.590. The number of thioether (sulfide) groups is 1. The number of carbonyl (C=O) groups is 1. The van der Waals surface area contributed by atoms with Crippen molar-refractivity contribution in [3.63, 3.8) is 0 Å². The van der Waals surface area contributed by atoms with Crippen LogP contribution in [-0.4, -0.2) is 40.7 Å². The molecule has 2 N–H and O–H groups in total. The molecule has 0 bridgehead atoms. The zero-order valence-electron chi connectivity index (χ0n) is 10.3. The molecule has 0 aliphatic heterocycles. The Morgan fingerprint density at radius 1 is 1.59 bits per heavy atom. The molecule has 6 heteroatoms. The van der Waals surface area contributed by atoms with Gasteiger partial charge in [0.15, 0.2) is 0 Å². The van der Waals surface area contributed by atoms with Gasteiger partial charge in [0.25, 0.3) is 5.91 Å². The van der Waals surface area contributed by atoms with Crippen molar-refractivity contribution < 1.29 is 9.90 Å². The molecule has 1 aromatic rings. The predicted octanol–water partition coefficient (Wildman–Crippen LogP) is 1.60. The molecule has 1 amide bonds. The average Bonchev–Trinajstić information content (AvgIpc) is 2.58. The Kier molecular flexibility index (Phi) is 5.94. The number of aromatic nitrogens is 1. The van der Waals surface area contributed by atoms with Crippen LogP contribution < -0.4 is 5.32 Å². The maximum Gasteiger partial charge on any atom is 0.263 e. The Labute approximate surface area is 110 Å².